The molecular weight excluding hydrogens is 444 g/mol. The third-order valence-corrected chi connectivity index (χ3v) is 5.71. The summed E-state index contributed by atoms with van der Waals surface area (Å²) in [6, 6.07) is 16.5. The highest BCUT2D eigenvalue weighted by molar-refractivity contribution is 9.10. The van der Waals surface area contributed by atoms with E-state index in [4.69, 9.17) is 9.47 Å². The zero-order chi connectivity index (χ0) is 21.6. The molecule has 0 bridgehead atoms. The summed E-state index contributed by atoms with van der Waals surface area (Å²) in [4.78, 5) is 14.4. The second-order valence-electron chi connectivity index (χ2n) is 8.72. The predicted octanol–water partition coefficient (Wildman–Crippen LogP) is 5.52. The quantitative estimate of drug-likeness (QED) is 0.598. The van der Waals surface area contributed by atoms with Crippen LogP contribution in [0.4, 0.5) is 4.79 Å². The number of halogens is 1. The van der Waals surface area contributed by atoms with Gasteiger partial charge in [-0.15, -0.1) is 0 Å². The number of hydrogen-bond acceptors (Lipinski definition) is 4. The fourth-order valence-electron chi connectivity index (χ4n) is 3.44. The van der Waals surface area contributed by atoms with E-state index in [2.05, 4.69) is 44.3 Å². The maximum Gasteiger partial charge on any atom is 0.407 e. The molecule has 0 spiro atoms. The van der Waals surface area contributed by atoms with E-state index in [1.165, 1.54) is 5.56 Å². The summed E-state index contributed by atoms with van der Waals surface area (Å²) in [5, 5.41) is 2.99. The van der Waals surface area contributed by atoms with Crippen molar-refractivity contribution < 1.29 is 14.3 Å². The SMILES string of the molecule is CC(C)(C)OC(=O)NC1CCN(Cc2ccc(OCc3ccccc3)cc2Br)CC1. The Morgan fingerprint density at radius 3 is 2.47 bits per heavy atom. The average molecular weight is 475 g/mol. The predicted molar refractivity (Wildman–Crippen MR) is 123 cm³/mol. The van der Waals surface area contributed by atoms with Crippen LogP contribution in [0.1, 0.15) is 44.7 Å². The average Bonchev–Trinajstić information content (AvgIpc) is 2.69. The van der Waals surface area contributed by atoms with Crippen molar-refractivity contribution in [2.45, 2.75) is 58.4 Å². The second-order valence-corrected chi connectivity index (χ2v) is 9.58. The van der Waals surface area contributed by atoms with Gasteiger partial charge in [0.15, 0.2) is 0 Å². The maximum atomic E-state index is 12.0. The van der Waals surface area contributed by atoms with Gasteiger partial charge in [-0.3, -0.25) is 4.90 Å². The fourth-order valence-corrected chi connectivity index (χ4v) is 3.92. The van der Waals surface area contributed by atoms with E-state index in [-0.39, 0.29) is 12.1 Å². The van der Waals surface area contributed by atoms with Gasteiger partial charge in [0.1, 0.15) is 18.0 Å². The number of alkyl carbamates (subject to hydrolysis) is 1. The minimum absolute atomic E-state index is 0.174. The van der Waals surface area contributed by atoms with Gasteiger partial charge in [-0.1, -0.05) is 52.3 Å². The first-order chi connectivity index (χ1) is 14.3. The van der Waals surface area contributed by atoms with Crippen LogP contribution in [-0.4, -0.2) is 35.7 Å². The van der Waals surface area contributed by atoms with Gasteiger partial charge >= 0.3 is 6.09 Å². The lowest BCUT2D eigenvalue weighted by molar-refractivity contribution is 0.0477. The lowest BCUT2D eigenvalue weighted by Crippen LogP contribution is -2.45. The van der Waals surface area contributed by atoms with Crippen molar-refractivity contribution in [3.8, 4) is 5.75 Å². The van der Waals surface area contributed by atoms with Crippen LogP contribution >= 0.6 is 15.9 Å². The molecule has 0 aliphatic carbocycles. The Balaban J connectivity index is 1.45. The highest BCUT2D eigenvalue weighted by atomic mass is 79.9. The third kappa shape index (κ3) is 7.33. The molecule has 1 saturated heterocycles. The molecule has 1 heterocycles. The topological polar surface area (TPSA) is 50.8 Å². The molecule has 0 aromatic heterocycles. The summed E-state index contributed by atoms with van der Waals surface area (Å²) >= 11 is 3.69. The Morgan fingerprint density at radius 2 is 1.83 bits per heavy atom. The molecule has 0 radical (unpaired) electrons. The molecule has 1 fully saturated rings. The smallest absolute Gasteiger partial charge is 0.407 e. The molecule has 1 N–H and O–H groups in total. The van der Waals surface area contributed by atoms with Gasteiger partial charge in [0.25, 0.3) is 0 Å². The standard InChI is InChI=1S/C24H31BrN2O3/c1-24(2,3)30-23(28)26-20-11-13-27(14-12-20)16-19-9-10-21(15-22(19)25)29-17-18-7-5-4-6-8-18/h4-10,15,20H,11-14,16-17H2,1-3H3,(H,26,28). The molecule has 3 rings (SSSR count). The van der Waals surface area contributed by atoms with E-state index in [1.807, 2.05) is 51.1 Å². The van der Waals surface area contributed by atoms with E-state index in [0.29, 0.717) is 6.61 Å². The highest BCUT2D eigenvalue weighted by Gasteiger charge is 2.24. The van der Waals surface area contributed by atoms with Crippen LogP contribution < -0.4 is 10.1 Å². The first kappa shape index (κ1) is 22.6. The zero-order valence-corrected chi connectivity index (χ0v) is 19.6. The van der Waals surface area contributed by atoms with Crippen molar-refractivity contribution in [2.24, 2.45) is 0 Å². The number of amides is 1. The molecule has 0 saturated carbocycles. The summed E-state index contributed by atoms with van der Waals surface area (Å²) in [7, 11) is 0. The minimum Gasteiger partial charge on any atom is -0.489 e. The molecule has 1 amide bonds. The fraction of sp³-hybridized carbons (Fsp3) is 0.458. The van der Waals surface area contributed by atoms with Crippen molar-refractivity contribution in [1.82, 2.24) is 10.2 Å². The number of hydrogen-bond donors (Lipinski definition) is 1. The van der Waals surface area contributed by atoms with Gasteiger partial charge < -0.3 is 14.8 Å². The summed E-state index contributed by atoms with van der Waals surface area (Å²) in [5.41, 5.74) is 1.93. The largest absolute Gasteiger partial charge is 0.489 e. The van der Waals surface area contributed by atoms with Crippen LogP contribution in [-0.2, 0) is 17.9 Å². The molecule has 6 heteroatoms. The summed E-state index contributed by atoms with van der Waals surface area (Å²) < 4.78 is 12.3. The molecule has 2 aromatic rings. The number of nitrogens with one attached hydrogen (secondary N) is 1. The van der Waals surface area contributed by atoms with Crippen LogP contribution in [0.2, 0.25) is 0 Å². The number of carbonyl (C=O) groups is 1. The van der Waals surface area contributed by atoms with Crippen molar-refractivity contribution in [3.63, 3.8) is 0 Å². The van der Waals surface area contributed by atoms with Gasteiger partial charge in [-0.25, -0.2) is 4.79 Å². The van der Waals surface area contributed by atoms with Crippen molar-refractivity contribution in [3.05, 3.63) is 64.1 Å². The molecular formula is C24H31BrN2O3. The van der Waals surface area contributed by atoms with E-state index in [1.54, 1.807) is 0 Å². The monoisotopic (exact) mass is 474 g/mol. The molecule has 0 atom stereocenters. The number of piperidine rings is 1. The van der Waals surface area contributed by atoms with Crippen LogP contribution in [0.25, 0.3) is 0 Å². The highest BCUT2D eigenvalue weighted by Crippen LogP contribution is 2.26. The first-order valence-corrected chi connectivity index (χ1v) is 11.2. The van der Waals surface area contributed by atoms with Crippen molar-refractivity contribution >= 4 is 22.0 Å². The minimum atomic E-state index is -0.464. The van der Waals surface area contributed by atoms with E-state index in [9.17, 15) is 4.79 Å². The van der Waals surface area contributed by atoms with Crippen LogP contribution in [0, 0.1) is 0 Å². The summed E-state index contributed by atoms with van der Waals surface area (Å²) in [6.45, 7) is 8.96. The zero-order valence-electron chi connectivity index (χ0n) is 18.0. The molecule has 0 unspecified atom stereocenters. The van der Waals surface area contributed by atoms with Gasteiger partial charge in [0, 0.05) is 30.1 Å². The van der Waals surface area contributed by atoms with Crippen LogP contribution in [0.3, 0.4) is 0 Å². The lowest BCUT2D eigenvalue weighted by Gasteiger charge is -2.33. The summed E-state index contributed by atoms with van der Waals surface area (Å²) in [5.74, 6) is 0.856. The van der Waals surface area contributed by atoms with Crippen LogP contribution in [0.15, 0.2) is 53.0 Å². The van der Waals surface area contributed by atoms with Crippen molar-refractivity contribution in [2.75, 3.05) is 13.1 Å². The third-order valence-electron chi connectivity index (χ3n) is 4.98. The van der Waals surface area contributed by atoms with Gasteiger partial charge in [-0.05, 0) is 56.9 Å². The van der Waals surface area contributed by atoms with E-state index in [0.717, 1.165) is 48.3 Å². The number of ether oxygens (including phenoxy) is 2. The number of nitrogens with zero attached hydrogens (tertiary/aromatic N) is 1. The Morgan fingerprint density at radius 1 is 1.13 bits per heavy atom. The normalized spacial score (nSPS) is 15.6. The lowest BCUT2D eigenvalue weighted by atomic mass is 10.0. The number of rotatable bonds is 6. The second kappa shape index (κ2) is 10.3. The van der Waals surface area contributed by atoms with Gasteiger partial charge in [0.2, 0.25) is 0 Å². The Labute approximate surface area is 187 Å². The van der Waals surface area contributed by atoms with E-state index < -0.39 is 5.60 Å². The number of benzene rings is 2. The molecule has 2 aromatic carbocycles. The maximum absolute atomic E-state index is 12.0. The van der Waals surface area contributed by atoms with Gasteiger partial charge in [-0.2, -0.15) is 0 Å². The van der Waals surface area contributed by atoms with Gasteiger partial charge in [0.05, 0.1) is 0 Å². The number of likely N-dealkylation sites (tertiary alicyclic amines) is 1. The van der Waals surface area contributed by atoms with Crippen LogP contribution in [0.5, 0.6) is 5.75 Å². The molecule has 162 valence electrons. The Kier molecular flexibility index (Phi) is 7.78. The summed E-state index contributed by atoms with van der Waals surface area (Å²) in [6.07, 6.45) is 1.53. The Hall–Kier alpha value is -2.05. The van der Waals surface area contributed by atoms with E-state index >= 15 is 0 Å². The van der Waals surface area contributed by atoms with Crippen molar-refractivity contribution in [1.29, 1.82) is 0 Å². The molecule has 5 nitrogen and oxygen atoms in total. The number of carbonyl (C=O) groups excluding carboxylic acids is 1. The molecule has 30 heavy (non-hydrogen) atoms. The Bertz CT molecular complexity index is 828. The molecule has 1 aliphatic heterocycles. The first-order valence-electron chi connectivity index (χ1n) is 10.5. The molecule has 1 aliphatic rings.